The lowest BCUT2D eigenvalue weighted by Gasteiger charge is -2.10. The van der Waals surface area contributed by atoms with Gasteiger partial charge in [0.25, 0.3) is 0 Å². The van der Waals surface area contributed by atoms with Crippen molar-refractivity contribution in [3.8, 4) is 5.75 Å². The summed E-state index contributed by atoms with van der Waals surface area (Å²) < 4.78 is 5.68. The van der Waals surface area contributed by atoms with Crippen LogP contribution in [0.2, 0.25) is 0 Å². The molecule has 0 radical (unpaired) electrons. The van der Waals surface area contributed by atoms with Gasteiger partial charge in [0, 0.05) is 12.6 Å². The van der Waals surface area contributed by atoms with E-state index >= 15 is 0 Å². The van der Waals surface area contributed by atoms with Gasteiger partial charge in [-0.25, -0.2) is 0 Å². The third kappa shape index (κ3) is 8.29. The molecule has 3 N–H and O–H groups in total. The van der Waals surface area contributed by atoms with E-state index in [1.165, 1.54) is 0 Å². The van der Waals surface area contributed by atoms with Crippen molar-refractivity contribution in [2.75, 3.05) is 18.9 Å². The van der Waals surface area contributed by atoms with Crippen LogP contribution < -0.4 is 15.8 Å². The summed E-state index contributed by atoms with van der Waals surface area (Å²) >= 11 is 0. The molecule has 0 spiro atoms. The number of hydrogen-bond donors (Lipinski definition) is 2. The van der Waals surface area contributed by atoms with E-state index in [0.29, 0.717) is 24.0 Å². The number of carbonyl (C=O) groups is 1. The van der Waals surface area contributed by atoms with Gasteiger partial charge in [-0.15, -0.1) is 0 Å². The first kappa shape index (κ1) is 19.1. The fourth-order valence-corrected chi connectivity index (χ4v) is 2.02. The summed E-state index contributed by atoms with van der Waals surface area (Å²) in [6.07, 6.45) is 7.61. The van der Waals surface area contributed by atoms with Gasteiger partial charge < -0.3 is 15.8 Å². The summed E-state index contributed by atoms with van der Waals surface area (Å²) in [6, 6.07) is 5.59. The predicted molar refractivity (Wildman–Crippen MR) is 97.4 cm³/mol. The predicted octanol–water partition coefficient (Wildman–Crippen LogP) is 4.01. The molecule has 0 fully saturated rings. The number of hydrogen-bond acceptors (Lipinski definition) is 3. The molecule has 128 valence electrons. The minimum atomic E-state index is -0.0723. The Morgan fingerprint density at radius 3 is 2.78 bits per heavy atom. The van der Waals surface area contributed by atoms with E-state index in [2.05, 4.69) is 26.1 Å². The van der Waals surface area contributed by atoms with Crippen molar-refractivity contribution >= 4 is 17.7 Å². The molecule has 0 aromatic heterocycles. The molecular weight excluding hydrogens is 288 g/mol. The van der Waals surface area contributed by atoms with Gasteiger partial charge >= 0.3 is 0 Å². The van der Waals surface area contributed by atoms with Gasteiger partial charge in [-0.05, 0) is 42.5 Å². The largest absolute Gasteiger partial charge is 0.491 e. The number of benzene rings is 1. The van der Waals surface area contributed by atoms with Crippen molar-refractivity contribution in [2.45, 2.75) is 46.5 Å². The zero-order valence-electron chi connectivity index (χ0n) is 14.6. The Morgan fingerprint density at radius 2 is 2.13 bits per heavy atom. The fourth-order valence-electron chi connectivity index (χ4n) is 2.02. The van der Waals surface area contributed by atoms with E-state index in [4.69, 9.17) is 10.5 Å². The van der Waals surface area contributed by atoms with Gasteiger partial charge in [-0.1, -0.05) is 39.7 Å². The summed E-state index contributed by atoms with van der Waals surface area (Å²) in [4.78, 5) is 11.7. The maximum atomic E-state index is 11.7. The second-order valence-electron chi connectivity index (χ2n) is 6.16. The third-order valence-corrected chi connectivity index (χ3v) is 3.49. The molecule has 1 rings (SSSR count). The molecule has 0 bridgehead atoms. The van der Waals surface area contributed by atoms with Gasteiger partial charge in [0.2, 0.25) is 5.91 Å². The molecule has 4 nitrogen and oxygen atoms in total. The average Bonchev–Trinajstić information content (AvgIpc) is 2.51. The maximum Gasteiger partial charge on any atom is 0.243 e. The number of nitrogens with two attached hydrogens (primary N) is 1. The number of ether oxygens (including phenoxy) is 1. The normalized spacial score (nSPS) is 11.1. The van der Waals surface area contributed by atoms with Crippen molar-refractivity contribution in [1.29, 1.82) is 0 Å². The molecule has 0 aliphatic heterocycles. The monoisotopic (exact) mass is 318 g/mol. The standard InChI is InChI=1S/C19H30N2O2/c1-4-5-6-12-21-19(22)10-8-16-7-9-18(17(20)14-16)23-13-11-15(2)3/h7-10,14-15H,4-6,11-13,20H2,1-3H3,(H,21,22)/b10-8-. The Kier molecular flexibility index (Phi) is 8.88. The molecule has 1 amide bonds. The Balaban J connectivity index is 2.46. The van der Waals surface area contributed by atoms with Crippen LogP contribution in [0.4, 0.5) is 5.69 Å². The van der Waals surface area contributed by atoms with Crippen molar-refractivity contribution in [3.63, 3.8) is 0 Å². The molecule has 1 aromatic rings. The van der Waals surface area contributed by atoms with Gasteiger partial charge in [-0.3, -0.25) is 4.79 Å². The first-order valence-corrected chi connectivity index (χ1v) is 8.51. The highest BCUT2D eigenvalue weighted by Crippen LogP contribution is 2.23. The number of unbranched alkanes of at least 4 members (excludes halogenated alkanes) is 2. The lowest BCUT2D eigenvalue weighted by atomic mass is 10.1. The zero-order chi connectivity index (χ0) is 17.1. The van der Waals surface area contributed by atoms with Crippen LogP contribution in [-0.2, 0) is 4.79 Å². The minimum absolute atomic E-state index is 0.0723. The molecule has 0 saturated carbocycles. The smallest absolute Gasteiger partial charge is 0.243 e. The van der Waals surface area contributed by atoms with Gasteiger partial charge in [0.1, 0.15) is 5.75 Å². The SMILES string of the molecule is CCCCCNC(=O)/C=C\c1ccc(OCCC(C)C)c(N)c1. The summed E-state index contributed by atoms with van der Waals surface area (Å²) in [5, 5.41) is 2.87. The topological polar surface area (TPSA) is 64.3 Å². The van der Waals surface area contributed by atoms with Crippen LogP contribution in [-0.4, -0.2) is 19.1 Å². The average molecular weight is 318 g/mol. The zero-order valence-corrected chi connectivity index (χ0v) is 14.6. The fraction of sp³-hybridized carbons (Fsp3) is 0.526. The van der Waals surface area contributed by atoms with E-state index in [1.54, 1.807) is 12.2 Å². The van der Waals surface area contributed by atoms with Crippen LogP contribution in [0.5, 0.6) is 5.75 Å². The van der Waals surface area contributed by atoms with Crippen molar-refractivity contribution in [2.24, 2.45) is 5.92 Å². The van der Waals surface area contributed by atoms with E-state index in [-0.39, 0.29) is 5.91 Å². The molecular formula is C19H30N2O2. The Labute approximate surface area is 140 Å². The highest BCUT2D eigenvalue weighted by Gasteiger charge is 2.02. The molecule has 0 aliphatic carbocycles. The van der Waals surface area contributed by atoms with Crippen molar-refractivity contribution < 1.29 is 9.53 Å². The lowest BCUT2D eigenvalue weighted by molar-refractivity contribution is -0.116. The van der Waals surface area contributed by atoms with Crippen LogP contribution in [0.3, 0.4) is 0 Å². The maximum absolute atomic E-state index is 11.7. The van der Waals surface area contributed by atoms with Gasteiger partial charge in [0.05, 0.1) is 12.3 Å². The molecule has 4 heteroatoms. The van der Waals surface area contributed by atoms with Gasteiger partial charge in [0.15, 0.2) is 0 Å². The minimum Gasteiger partial charge on any atom is -0.491 e. The number of anilines is 1. The van der Waals surface area contributed by atoms with E-state index in [0.717, 1.165) is 37.8 Å². The Morgan fingerprint density at radius 1 is 1.35 bits per heavy atom. The highest BCUT2D eigenvalue weighted by molar-refractivity contribution is 5.91. The first-order chi connectivity index (χ1) is 11.0. The van der Waals surface area contributed by atoms with Crippen LogP contribution >= 0.6 is 0 Å². The van der Waals surface area contributed by atoms with Crippen LogP contribution in [0.25, 0.3) is 6.08 Å². The van der Waals surface area contributed by atoms with Crippen LogP contribution in [0, 0.1) is 5.92 Å². The Bertz CT molecular complexity index is 510. The van der Waals surface area contributed by atoms with E-state index < -0.39 is 0 Å². The second kappa shape index (κ2) is 10.7. The number of carbonyl (C=O) groups excluding carboxylic acids is 1. The molecule has 0 heterocycles. The quantitative estimate of drug-likeness (QED) is 0.389. The summed E-state index contributed by atoms with van der Waals surface area (Å²) in [5.41, 5.74) is 7.49. The summed E-state index contributed by atoms with van der Waals surface area (Å²) in [5.74, 6) is 1.23. The first-order valence-electron chi connectivity index (χ1n) is 8.51. The van der Waals surface area contributed by atoms with E-state index in [9.17, 15) is 4.79 Å². The highest BCUT2D eigenvalue weighted by atomic mass is 16.5. The second-order valence-corrected chi connectivity index (χ2v) is 6.16. The summed E-state index contributed by atoms with van der Waals surface area (Å²) in [6.45, 7) is 7.85. The van der Waals surface area contributed by atoms with Crippen LogP contribution in [0.15, 0.2) is 24.3 Å². The third-order valence-electron chi connectivity index (χ3n) is 3.49. The van der Waals surface area contributed by atoms with Crippen molar-refractivity contribution in [3.05, 3.63) is 29.8 Å². The van der Waals surface area contributed by atoms with Crippen LogP contribution in [0.1, 0.15) is 52.0 Å². The lowest BCUT2D eigenvalue weighted by Crippen LogP contribution is -2.21. The van der Waals surface area contributed by atoms with Gasteiger partial charge in [-0.2, -0.15) is 0 Å². The molecule has 0 unspecified atom stereocenters. The number of nitrogen functional groups attached to an aromatic ring is 1. The van der Waals surface area contributed by atoms with Crippen molar-refractivity contribution in [1.82, 2.24) is 5.32 Å². The summed E-state index contributed by atoms with van der Waals surface area (Å²) in [7, 11) is 0. The molecule has 0 aliphatic rings. The number of amides is 1. The molecule has 0 atom stereocenters. The number of rotatable bonds is 10. The number of nitrogens with one attached hydrogen (secondary N) is 1. The molecule has 0 saturated heterocycles. The molecule has 23 heavy (non-hydrogen) atoms. The molecule has 1 aromatic carbocycles. The Hall–Kier alpha value is -1.97. The van der Waals surface area contributed by atoms with E-state index in [1.807, 2.05) is 18.2 Å².